The van der Waals surface area contributed by atoms with Crippen molar-refractivity contribution in [1.29, 1.82) is 0 Å². The van der Waals surface area contributed by atoms with Gasteiger partial charge in [-0.1, -0.05) is 35.9 Å². The Bertz CT molecular complexity index is 656. The molecule has 21 heavy (non-hydrogen) atoms. The summed E-state index contributed by atoms with van der Waals surface area (Å²) in [5.41, 5.74) is 5.16. The fraction of sp³-hybridized carbons (Fsp3) is 0.333. The van der Waals surface area contributed by atoms with Crippen LogP contribution in [0, 0.1) is 26.6 Å². The summed E-state index contributed by atoms with van der Waals surface area (Å²) in [7, 11) is -1.14. The third kappa shape index (κ3) is 3.59. The maximum absolute atomic E-state index is 13.8. The van der Waals surface area contributed by atoms with Gasteiger partial charge in [-0.3, -0.25) is 4.21 Å². The lowest BCUT2D eigenvalue weighted by atomic mass is 10.0. The molecule has 3 heteroatoms. The van der Waals surface area contributed by atoms with Crippen LogP contribution in [0.15, 0.2) is 36.4 Å². The van der Waals surface area contributed by atoms with E-state index < -0.39 is 10.8 Å². The van der Waals surface area contributed by atoms with E-state index in [1.807, 2.05) is 20.8 Å². The predicted molar refractivity (Wildman–Crippen MR) is 87.3 cm³/mol. The second-order valence-electron chi connectivity index (χ2n) is 5.57. The second kappa shape index (κ2) is 6.52. The van der Waals surface area contributed by atoms with Crippen molar-refractivity contribution in [2.24, 2.45) is 0 Å². The Morgan fingerprint density at radius 2 is 1.67 bits per heavy atom. The molecular formula is C18H21FOS. The Morgan fingerprint density at radius 3 is 2.24 bits per heavy atom. The highest BCUT2D eigenvalue weighted by atomic mass is 32.2. The molecule has 0 aliphatic heterocycles. The molecule has 0 heterocycles. The maximum atomic E-state index is 13.8. The zero-order valence-electron chi connectivity index (χ0n) is 12.9. The molecule has 0 saturated heterocycles. The van der Waals surface area contributed by atoms with Crippen molar-refractivity contribution in [2.45, 2.75) is 38.7 Å². The quantitative estimate of drug-likeness (QED) is 0.796. The van der Waals surface area contributed by atoms with Gasteiger partial charge in [0.1, 0.15) is 5.82 Å². The molecule has 2 aromatic carbocycles. The van der Waals surface area contributed by atoms with Gasteiger partial charge >= 0.3 is 0 Å². The van der Waals surface area contributed by atoms with Crippen LogP contribution < -0.4 is 0 Å². The fourth-order valence-corrected chi connectivity index (χ4v) is 4.12. The fourth-order valence-electron chi connectivity index (χ4n) is 2.65. The van der Waals surface area contributed by atoms with E-state index in [2.05, 4.69) is 19.1 Å². The molecule has 0 aliphatic rings. The van der Waals surface area contributed by atoms with Crippen molar-refractivity contribution in [3.05, 3.63) is 70.0 Å². The minimum atomic E-state index is -1.14. The van der Waals surface area contributed by atoms with Crippen LogP contribution in [0.25, 0.3) is 0 Å². The molecular weight excluding hydrogens is 283 g/mol. The first-order valence-corrected chi connectivity index (χ1v) is 8.46. The van der Waals surface area contributed by atoms with Gasteiger partial charge < -0.3 is 0 Å². The number of benzene rings is 2. The largest absolute Gasteiger partial charge is 0.259 e. The molecule has 1 nitrogen and oxygen atoms in total. The molecule has 0 amide bonds. The number of aryl methyl sites for hydroxylation is 3. The van der Waals surface area contributed by atoms with E-state index in [1.165, 1.54) is 11.6 Å². The monoisotopic (exact) mass is 304 g/mol. The molecule has 0 radical (unpaired) electrons. The highest BCUT2D eigenvalue weighted by molar-refractivity contribution is 7.84. The van der Waals surface area contributed by atoms with Crippen molar-refractivity contribution in [1.82, 2.24) is 0 Å². The van der Waals surface area contributed by atoms with Crippen LogP contribution >= 0.6 is 0 Å². The average Bonchev–Trinajstić information content (AvgIpc) is 2.42. The maximum Gasteiger partial charge on any atom is 0.127 e. The minimum Gasteiger partial charge on any atom is -0.259 e. The SMILES string of the molecule is Cc1cc(C)c(C[S@](=O)[C@H](C)c2ccccc2F)c(C)c1. The molecule has 0 spiro atoms. The molecule has 0 unspecified atom stereocenters. The molecule has 0 fully saturated rings. The van der Waals surface area contributed by atoms with Gasteiger partial charge in [-0.2, -0.15) is 0 Å². The highest BCUT2D eigenvalue weighted by Crippen LogP contribution is 2.26. The highest BCUT2D eigenvalue weighted by Gasteiger charge is 2.18. The van der Waals surface area contributed by atoms with Crippen LogP contribution in [0.4, 0.5) is 4.39 Å². The van der Waals surface area contributed by atoms with Gasteiger partial charge in [0.25, 0.3) is 0 Å². The molecule has 0 saturated carbocycles. The van der Waals surface area contributed by atoms with E-state index in [4.69, 9.17) is 0 Å². The van der Waals surface area contributed by atoms with Gasteiger partial charge in [-0.05, 0) is 50.5 Å². The van der Waals surface area contributed by atoms with Crippen molar-refractivity contribution < 1.29 is 8.60 Å². The molecule has 2 aromatic rings. The Labute approximate surface area is 128 Å². The zero-order valence-corrected chi connectivity index (χ0v) is 13.8. The number of hydrogen-bond donors (Lipinski definition) is 0. The van der Waals surface area contributed by atoms with Gasteiger partial charge in [0.2, 0.25) is 0 Å². The smallest absolute Gasteiger partial charge is 0.127 e. The Kier molecular flexibility index (Phi) is 4.94. The molecule has 0 N–H and O–H groups in total. The first-order chi connectivity index (χ1) is 9.90. The lowest BCUT2D eigenvalue weighted by molar-refractivity contribution is 0.606. The van der Waals surface area contributed by atoms with Crippen LogP contribution in [0.3, 0.4) is 0 Å². The predicted octanol–water partition coefficient (Wildman–Crippen LogP) is 4.76. The lowest BCUT2D eigenvalue weighted by Gasteiger charge is -2.16. The summed E-state index contributed by atoms with van der Waals surface area (Å²) in [6.45, 7) is 7.97. The Morgan fingerprint density at radius 1 is 1.10 bits per heavy atom. The summed E-state index contributed by atoms with van der Waals surface area (Å²) in [4.78, 5) is 0. The van der Waals surface area contributed by atoms with Crippen LogP contribution in [-0.2, 0) is 16.6 Å². The molecule has 112 valence electrons. The Balaban J connectivity index is 2.25. The molecule has 0 aromatic heterocycles. The van der Waals surface area contributed by atoms with Crippen molar-refractivity contribution in [3.63, 3.8) is 0 Å². The van der Waals surface area contributed by atoms with E-state index in [0.717, 1.165) is 16.7 Å². The summed E-state index contributed by atoms with van der Waals surface area (Å²) >= 11 is 0. The molecule has 2 rings (SSSR count). The van der Waals surface area contributed by atoms with E-state index >= 15 is 0 Å². The van der Waals surface area contributed by atoms with E-state index in [9.17, 15) is 8.60 Å². The minimum absolute atomic E-state index is 0.282. The van der Waals surface area contributed by atoms with Gasteiger partial charge in [0.15, 0.2) is 0 Å². The summed E-state index contributed by atoms with van der Waals surface area (Å²) < 4.78 is 26.4. The van der Waals surface area contributed by atoms with Crippen LogP contribution in [0.2, 0.25) is 0 Å². The third-order valence-corrected chi connectivity index (χ3v) is 5.48. The first-order valence-electron chi connectivity index (χ1n) is 7.08. The van der Waals surface area contributed by atoms with Gasteiger partial charge in [-0.15, -0.1) is 0 Å². The lowest BCUT2D eigenvalue weighted by Crippen LogP contribution is -2.09. The van der Waals surface area contributed by atoms with Gasteiger partial charge in [0, 0.05) is 22.1 Å². The molecule has 0 bridgehead atoms. The van der Waals surface area contributed by atoms with Gasteiger partial charge in [0.05, 0.1) is 5.25 Å². The van der Waals surface area contributed by atoms with E-state index in [-0.39, 0.29) is 11.1 Å². The summed E-state index contributed by atoms with van der Waals surface area (Å²) in [5.74, 6) is 0.184. The number of halogens is 1. The van der Waals surface area contributed by atoms with Gasteiger partial charge in [-0.25, -0.2) is 4.39 Å². The van der Waals surface area contributed by atoms with Crippen molar-refractivity contribution in [3.8, 4) is 0 Å². The van der Waals surface area contributed by atoms with E-state index in [1.54, 1.807) is 18.2 Å². The van der Waals surface area contributed by atoms with Crippen LogP contribution in [-0.4, -0.2) is 4.21 Å². The number of hydrogen-bond acceptors (Lipinski definition) is 1. The van der Waals surface area contributed by atoms with Crippen LogP contribution in [0.1, 0.15) is 40.0 Å². The normalized spacial score (nSPS) is 14.0. The van der Waals surface area contributed by atoms with E-state index in [0.29, 0.717) is 11.3 Å². The summed E-state index contributed by atoms with van der Waals surface area (Å²) in [6, 6.07) is 10.8. The standard InChI is InChI=1S/C18H21FOS/c1-12-9-13(2)17(14(3)10-12)11-21(20)15(4)16-7-5-6-8-18(16)19/h5-10,15H,11H2,1-4H3/t15-,21+/m1/s1. The summed E-state index contributed by atoms with van der Waals surface area (Å²) in [6.07, 6.45) is 0. The number of rotatable bonds is 4. The summed E-state index contributed by atoms with van der Waals surface area (Å²) in [5, 5.41) is -0.314. The second-order valence-corrected chi connectivity index (χ2v) is 7.32. The first kappa shape index (κ1) is 15.9. The topological polar surface area (TPSA) is 17.1 Å². The average molecular weight is 304 g/mol. The van der Waals surface area contributed by atoms with Crippen molar-refractivity contribution >= 4 is 10.8 Å². The third-order valence-electron chi connectivity index (χ3n) is 3.86. The molecule has 0 aliphatic carbocycles. The molecule has 2 atom stereocenters. The van der Waals surface area contributed by atoms with Crippen LogP contribution in [0.5, 0.6) is 0 Å². The Hall–Kier alpha value is -1.48. The van der Waals surface area contributed by atoms with Crippen molar-refractivity contribution in [2.75, 3.05) is 0 Å². The zero-order chi connectivity index (χ0) is 15.6.